The fourth-order valence-electron chi connectivity index (χ4n) is 3.53. The monoisotopic (exact) mass is 337 g/mol. The van der Waals surface area contributed by atoms with Gasteiger partial charge in [0.25, 0.3) is 0 Å². The second-order valence-electron chi connectivity index (χ2n) is 6.60. The number of halogens is 1. The third-order valence-electron chi connectivity index (χ3n) is 4.61. The van der Waals surface area contributed by atoms with Crippen LogP contribution in [-0.2, 0) is 9.53 Å². The second kappa shape index (κ2) is 7.05. The Balaban J connectivity index is 1.56. The van der Waals surface area contributed by atoms with Gasteiger partial charge < -0.3 is 14.5 Å². The molecule has 2 aliphatic heterocycles. The summed E-state index contributed by atoms with van der Waals surface area (Å²) in [5, 5.41) is 0.648. The van der Waals surface area contributed by atoms with Crippen molar-refractivity contribution in [2.75, 3.05) is 31.1 Å². The van der Waals surface area contributed by atoms with Crippen molar-refractivity contribution in [1.29, 1.82) is 0 Å². The van der Waals surface area contributed by atoms with Crippen LogP contribution in [0.3, 0.4) is 0 Å². The summed E-state index contributed by atoms with van der Waals surface area (Å²) >= 11 is 5.88. The fourth-order valence-corrected chi connectivity index (χ4v) is 3.64. The molecule has 0 radical (unpaired) electrons. The minimum atomic E-state index is 0.121. The molecule has 2 fully saturated rings. The van der Waals surface area contributed by atoms with Gasteiger partial charge in [0.15, 0.2) is 0 Å². The zero-order chi connectivity index (χ0) is 16.4. The minimum Gasteiger partial charge on any atom is -0.372 e. The molecule has 1 aromatic heterocycles. The van der Waals surface area contributed by atoms with Gasteiger partial charge in [-0.05, 0) is 38.8 Å². The first-order chi connectivity index (χ1) is 11.0. The summed E-state index contributed by atoms with van der Waals surface area (Å²) in [4.78, 5) is 21.3. The average molecular weight is 338 g/mol. The lowest BCUT2D eigenvalue weighted by Gasteiger charge is -2.39. The predicted molar refractivity (Wildman–Crippen MR) is 90.8 cm³/mol. The van der Waals surface area contributed by atoms with Gasteiger partial charge in [0.05, 0.1) is 17.2 Å². The van der Waals surface area contributed by atoms with E-state index in [0.717, 1.165) is 31.7 Å². The summed E-state index contributed by atoms with van der Waals surface area (Å²) < 4.78 is 5.72. The molecular formula is C17H24ClN3O2. The van der Waals surface area contributed by atoms with E-state index in [0.29, 0.717) is 18.1 Å². The molecular weight excluding hydrogens is 314 g/mol. The van der Waals surface area contributed by atoms with Crippen LogP contribution >= 0.6 is 11.6 Å². The van der Waals surface area contributed by atoms with Gasteiger partial charge in [-0.3, -0.25) is 4.79 Å². The molecule has 5 nitrogen and oxygen atoms in total. The van der Waals surface area contributed by atoms with E-state index in [1.54, 1.807) is 6.20 Å². The van der Waals surface area contributed by atoms with E-state index < -0.39 is 0 Å². The lowest BCUT2D eigenvalue weighted by molar-refractivity contribution is -0.148. The molecule has 2 saturated heterocycles. The largest absolute Gasteiger partial charge is 0.372 e. The minimum absolute atomic E-state index is 0.121. The molecule has 1 amide bonds. The molecule has 126 valence electrons. The Morgan fingerprint density at radius 2 is 1.87 bits per heavy atom. The fraction of sp³-hybridized carbons (Fsp3) is 0.647. The molecule has 3 heterocycles. The molecule has 0 saturated carbocycles. The van der Waals surface area contributed by atoms with Gasteiger partial charge in [0.1, 0.15) is 5.82 Å². The van der Waals surface area contributed by atoms with Crippen molar-refractivity contribution in [3.63, 3.8) is 0 Å². The molecule has 2 aliphatic rings. The third-order valence-corrected chi connectivity index (χ3v) is 4.83. The highest BCUT2D eigenvalue weighted by atomic mass is 35.5. The number of anilines is 1. The van der Waals surface area contributed by atoms with Crippen molar-refractivity contribution in [1.82, 2.24) is 9.88 Å². The first kappa shape index (κ1) is 16.5. The third kappa shape index (κ3) is 3.96. The van der Waals surface area contributed by atoms with Gasteiger partial charge in [0.2, 0.25) is 5.91 Å². The van der Waals surface area contributed by atoms with Crippen LogP contribution in [0.1, 0.15) is 26.7 Å². The molecule has 0 N–H and O–H groups in total. The highest BCUT2D eigenvalue weighted by Crippen LogP contribution is 2.25. The normalized spacial score (nSPS) is 26.4. The molecule has 6 heteroatoms. The lowest BCUT2D eigenvalue weighted by atomic mass is 9.94. The lowest BCUT2D eigenvalue weighted by Crippen LogP contribution is -2.51. The van der Waals surface area contributed by atoms with Crippen LogP contribution in [0.4, 0.5) is 5.82 Å². The number of carbonyl (C=O) groups excluding carboxylic acids is 1. The summed E-state index contributed by atoms with van der Waals surface area (Å²) in [6, 6.07) is 3.80. The van der Waals surface area contributed by atoms with Gasteiger partial charge >= 0.3 is 0 Å². The summed E-state index contributed by atoms with van der Waals surface area (Å²) in [7, 11) is 0. The van der Waals surface area contributed by atoms with E-state index in [1.807, 2.05) is 30.9 Å². The highest BCUT2D eigenvalue weighted by Gasteiger charge is 2.32. The topological polar surface area (TPSA) is 45.7 Å². The molecule has 2 atom stereocenters. The number of hydrogen-bond donors (Lipinski definition) is 0. The first-order valence-electron chi connectivity index (χ1n) is 8.33. The second-order valence-corrected chi connectivity index (χ2v) is 7.03. The smallest absolute Gasteiger partial charge is 0.225 e. The quantitative estimate of drug-likeness (QED) is 0.832. The molecule has 0 spiro atoms. The molecule has 0 aliphatic carbocycles. The number of morpholine rings is 1. The van der Waals surface area contributed by atoms with E-state index in [4.69, 9.17) is 16.3 Å². The van der Waals surface area contributed by atoms with Crippen molar-refractivity contribution in [2.45, 2.75) is 38.9 Å². The van der Waals surface area contributed by atoms with E-state index >= 15 is 0 Å². The number of amides is 1. The Morgan fingerprint density at radius 1 is 1.22 bits per heavy atom. The predicted octanol–water partition coefficient (Wildman–Crippen LogP) is 2.59. The van der Waals surface area contributed by atoms with Gasteiger partial charge in [-0.25, -0.2) is 4.98 Å². The Hall–Kier alpha value is -1.33. The number of nitrogens with zero attached hydrogens (tertiary/aromatic N) is 3. The number of carbonyl (C=O) groups is 1. The Kier molecular flexibility index (Phi) is 5.07. The van der Waals surface area contributed by atoms with Crippen molar-refractivity contribution < 1.29 is 9.53 Å². The first-order valence-corrected chi connectivity index (χ1v) is 8.71. The van der Waals surface area contributed by atoms with E-state index in [9.17, 15) is 4.79 Å². The van der Waals surface area contributed by atoms with Crippen molar-refractivity contribution in [3.8, 4) is 0 Å². The van der Waals surface area contributed by atoms with E-state index in [1.165, 1.54) is 0 Å². The molecule has 1 aromatic rings. The highest BCUT2D eigenvalue weighted by molar-refractivity contribution is 6.30. The number of aromatic nitrogens is 1. The van der Waals surface area contributed by atoms with Crippen LogP contribution < -0.4 is 4.90 Å². The maximum atomic E-state index is 12.8. The molecule has 3 rings (SSSR count). The molecule has 0 aromatic carbocycles. The number of pyridine rings is 1. The maximum Gasteiger partial charge on any atom is 0.225 e. The summed E-state index contributed by atoms with van der Waals surface area (Å²) in [6.45, 7) is 7.21. The Bertz CT molecular complexity index is 533. The van der Waals surface area contributed by atoms with Crippen molar-refractivity contribution >= 4 is 23.3 Å². The summed E-state index contributed by atoms with van der Waals surface area (Å²) in [6.07, 6.45) is 3.68. The zero-order valence-corrected chi connectivity index (χ0v) is 14.5. The van der Waals surface area contributed by atoms with Crippen LogP contribution in [0, 0.1) is 5.92 Å². The standard InChI is InChI=1S/C17H24ClN3O2/c1-12-10-21(11-13(2)23-12)17(22)14-5-7-20(8-6-14)16-4-3-15(18)9-19-16/h3-4,9,12-14H,5-8,10-11H2,1-2H3/t12-,13-/m1/s1. The molecule has 0 unspecified atom stereocenters. The van der Waals surface area contributed by atoms with Gasteiger partial charge in [-0.1, -0.05) is 11.6 Å². The van der Waals surface area contributed by atoms with Crippen molar-refractivity contribution in [2.24, 2.45) is 5.92 Å². The summed E-state index contributed by atoms with van der Waals surface area (Å²) in [5.74, 6) is 1.35. The SMILES string of the molecule is C[C@@H]1CN(C(=O)C2CCN(c3ccc(Cl)cn3)CC2)C[C@@H](C)O1. The van der Waals surface area contributed by atoms with Crippen LogP contribution in [0.25, 0.3) is 0 Å². The average Bonchev–Trinajstić information content (AvgIpc) is 2.54. The molecule has 23 heavy (non-hydrogen) atoms. The number of piperidine rings is 1. The zero-order valence-electron chi connectivity index (χ0n) is 13.7. The number of hydrogen-bond acceptors (Lipinski definition) is 4. The van der Waals surface area contributed by atoms with Crippen LogP contribution in [0.15, 0.2) is 18.3 Å². The Labute approximate surface area is 142 Å². The Morgan fingerprint density at radius 3 is 2.43 bits per heavy atom. The van der Waals surface area contributed by atoms with E-state index in [2.05, 4.69) is 9.88 Å². The molecule has 0 bridgehead atoms. The van der Waals surface area contributed by atoms with Crippen LogP contribution in [0.5, 0.6) is 0 Å². The maximum absolute atomic E-state index is 12.8. The van der Waals surface area contributed by atoms with Gasteiger partial charge in [0, 0.05) is 38.3 Å². The van der Waals surface area contributed by atoms with Crippen molar-refractivity contribution in [3.05, 3.63) is 23.4 Å². The number of ether oxygens (including phenoxy) is 1. The van der Waals surface area contributed by atoms with Crippen LogP contribution in [-0.4, -0.2) is 54.2 Å². The van der Waals surface area contributed by atoms with Crippen LogP contribution in [0.2, 0.25) is 5.02 Å². The summed E-state index contributed by atoms with van der Waals surface area (Å²) in [5.41, 5.74) is 0. The van der Waals surface area contributed by atoms with Gasteiger partial charge in [-0.2, -0.15) is 0 Å². The van der Waals surface area contributed by atoms with E-state index in [-0.39, 0.29) is 24.0 Å². The number of rotatable bonds is 2. The van der Waals surface area contributed by atoms with Gasteiger partial charge in [-0.15, -0.1) is 0 Å².